The number of rotatable bonds is 4. The maximum atomic E-state index is 12.6. The van der Waals surface area contributed by atoms with Crippen LogP contribution >= 0.6 is 0 Å². The van der Waals surface area contributed by atoms with Crippen molar-refractivity contribution in [3.05, 3.63) is 65.7 Å². The van der Waals surface area contributed by atoms with Crippen LogP contribution in [0.4, 0.5) is 0 Å². The van der Waals surface area contributed by atoms with Crippen LogP contribution in [0.25, 0.3) is 0 Å². The quantitative estimate of drug-likeness (QED) is 0.870. The summed E-state index contributed by atoms with van der Waals surface area (Å²) in [7, 11) is -3.29. The minimum Gasteiger partial charge on any atom is -0.492 e. The molecule has 1 heterocycles. The van der Waals surface area contributed by atoms with Gasteiger partial charge < -0.3 is 4.74 Å². The van der Waals surface area contributed by atoms with Gasteiger partial charge in [-0.25, -0.2) is 8.42 Å². The predicted molar refractivity (Wildman–Crippen MR) is 86.3 cm³/mol. The third-order valence-electron chi connectivity index (χ3n) is 3.80. The van der Waals surface area contributed by atoms with E-state index in [0.29, 0.717) is 26.1 Å². The lowest BCUT2D eigenvalue weighted by molar-refractivity contribution is 0.293. The number of sulfonamides is 1. The van der Waals surface area contributed by atoms with E-state index in [1.54, 1.807) is 0 Å². The van der Waals surface area contributed by atoms with Crippen molar-refractivity contribution in [3.8, 4) is 5.75 Å². The second-order valence-electron chi connectivity index (χ2n) is 5.34. The van der Waals surface area contributed by atoms with Gasteiger partial charge in [0.25, 0.3) is 0 Å². The van der Waals surface area contributed by atoms with Gasteiger partial charge >= 0.3 is 0 Å². The van der Waals surface area contributed by atoms with Crippen LogP contribution < -0.4 is 4.74 Å². The number of ether oxygens (including phenoxy) is 1. The topological polar surface area (TPSA) is 46.6 Å². The van der Waals surface area contributed by atoms with Crippen LogP contribution in [-0.4, -0.2) is 31.6 Å². The molecule has 0 saturated heterocycles. The number of benzene rings is 2. The van der Waals surface area contributed by atoms with Crippen LogP contribution in [0.1, 0.15) is 11.1 Å². The van der Waals surface area contributed by atoms with Gasteiger partial charge in [-0.15, -0.1) is 0 Å². The van der Waals surface area contributed by atoms with Crippen molar-refractivity contribution in [2.75, 3.05) is 18.9 Å². The zero-order valence-corrected chi connectivity index (χ0v) is 13.1. The molecule has 2 aromatic carbocycles. The van der Waals surface area contributed by atoms with Crippen molar-refractivity contribution in [1.82, 2.24) is 4.31 Å². The van der Waals surface area contributed by atoms with Gasteiger partial charge in [-0.2, -0.15) is 4.31 Å². The van der Waals surface area contributed by atoms with E-state index >= 15 is 0 Å². The second kappa shape index (κ2) is 6.50. The molecule has 2 aromatic rings. The molecule has 116 valence electrons. The van der Waals surface area contributed by atoms with E-state index in [0.717, 1.165) is 16.9 Å². The largest absolute Gasteiger partial charge is 0.492 e. The fourth-order valence-corrected chi connectivity index (χ4v) is 4.00. The van der Waals surface area contributed by atoms with Gasteiger partial charge in [0.1, 0.15) is 12.4 Å². The van der Waals surface area contributed by atoms with Crippen LogP contribution in [0.2, 0.25) is 0 Å². The first kappa shape index (κ1) is 15.1. The predicted octanol–water partition coefficient (Wildman–Crippen LogP) is 2.45. The molecule has 22 heavy (non-hydrogen) atoms. The molecular formula is C17H19NO3S. The highest BCUT2D eigenvalue weighted by Gasteiger charge is 2.25. The lowest BCUT2D eigenvalue weighted by Crippen LogP contribution is -2.34. The SMILES string of the molecule is O=S(=O)(CCc1ccccc1)N1CCOc2ccccc2C1. The summed E-state index contributed by atoms with van der Waals surface area (Å²) in [6, 6.07) is 17.3. The number of hydrogen-bond acceptors (Lipinski definition) is 3. The van der Waals surface area contributed by atoms with Crippen LogP contribution in [0.5, 0.6) is 5.75 Å². The lowest BCUT2D eigenvalue weighted by atomic mass is 10.2. The van der Waals surface area contributed by atoms with Crippen LogP contribution in [0.3, 0.4) is 0 Å². The molecule has 0 spiro atoms. The molecule has 1 aliphatic rings. The molecule has 0 aromatic heterocycles. The number of para-hydroxylation sites is 1. The number of aryl methyl sites for hydroxylation is 1. The molecular weight excluding hydrogens is 298 g/mol. The van der Waals surface area contributed by atoms with Gasteiger partial charge in [0, 0.05) is 18.7 Å². The monoisotopic (exact) mass is 317 g/mol. The van der Waals surface area contributed by atoms with Crippen LogP contribution in [0, 0.1) is 0 Å². The van der Waals surface area contributed by atoms with E-state index in [4.69, 9.17) is 4.74 Å². The summed E-state index contributed by atoms with van der Waals surface area (Å²) in [5.74, 6) is 0.905. The van der Waals surface area contributed by atoms with Gasteiger partial charge in [-0.1, -0.05) is 48.5 Å². The average molecular weight is 317 g/mol. The third kappa shape index (κ3) is 3.48. The van der Waals surface area contributed by atoms with Crippen molar-refractivity contribution >= 4 is 10.0 Å². The highest BCUT2D eigenvalue weighted by Crippen LogP contribution is 2.24. The molecule has 0 fully saturated rings. The maximum absolute atomic E-state index is 12.6. The molecule has 0 radical (unpaired) electrons. The highest BCUT2D eigenvalue weighted by molar-refractivity contribution is 7.89. The molecule has 3 rings (SSSR count). The van der Waals surface area contributed by atoms with E-state index in [2.05, 4.69) is 0 Å². The summed E-state index contributed by atoms with van der Waals surface area (Å²) in [5, 5.41) is 0. The van der Waals surface area contributed by atoms with Crippen molar-refractivity contribution < 1.29 is 13.2 Å². The van der Waals surface area contributed by atoms with Crippen LogP contribution in [-0.2, 0) is 23.0 Å². The Balaban J connectivity index is 1.72. The number of fused-ring (bicyclic) bond motifs is 1. The molecule has 0 aliphatic carbocycles. The number of hydrogen-bond donors (Lipinski definition) is 0. The zero-order valence-electron chi connectivity index (χ0n) is 12.3. The molecule has 0 amide bonds. The zero-order chi connectivity index (χ0) is 15.4. The van der Waals surface area contributed by atoms with E-state index in [1.165, 1.54) is 4.31 Å². The van der Waals surface area contributed by atoms with E-state index < -0.39 is 10.0 Å². The first-order chi connectivity index (χ1) is 10.6. The third-order valence-corrected chi connectivity index (χ3v) is 5.62. The number of nitrogens with zero attached hydrogens (tertiary/aromatic N) is 1. The van der Waals surface area contributed by atoms with Crippen molar-refractivity contribution in [1.29, 1.82) is 0 Å². The fraction of sp³-hybridized carbons (Fsp3) is 0.294. The first-order valence-electron chi connectivity index (χ1n) is 7.37. The summed E-state index contributed by atoms with van der Waals surface area (Å²) in [6.45, 7) is 1.17. The summed E-state index contributed by atoms with van der Waals surface area (Å²) in [5.41, 5.74) is 1.96. The lowest BCUT2D eigenvalue weighted by Gasteiger charge is -2.19. The molecule has 5 heteroatoms. The van der Waals surface area contributed by atoms with Gasteiger partial charge in [-0.3, -0.25) is 0 Å². The summed E-state index contributed by atoms with van der Waals surface area (Å²) < 4.78 is 32.3. The average Bonchev–Trinajstić information content (AvgIpc) is 2.77. The van der Waals surface area contributed by atoms with E-state index in [1.807, 2.05) is 54.6 Å². The Bertz CT molecular complexity index is 729. The molecule has 4 nitrogen and oxygen atoms in total. The second-order valence-corrected chi connectivity index (χ2v) is 7.43. The standard InChI is InChI=1S/C17H19NO3S/c19-22(20,13-10-15-6-2-1-3-7-15)18-11-12-21-17-9-5-4-8-16(17)14-18/h1-9H,10-14H2. The smallest absolute Gasteiger partial charge is 0.214 e. The van der Waals surface area contributed by atoms with Crippen molar-refractivity contribution in [2.24, 2.45) is 0 Å². The molecule has 1 aliphatic heterocycles. The Hall–Kier alpha value is -1.85. The minimum atomic E-state index is -3.29. The maximum Gasteiger partial charge on any atom is 0.214 e. The van der Waals surface area contributed by atoms with Crippen LogP contribution in [0.15, 0.2) is 54.6 Å². The van der Waals surface area contributed by atoms with Gasteiger partial charge in [0.15, 0.2) is 0 Å². The van der Waals surface area contributed by atoms with Gasteiger partial charge in [-0.05, 0) is 18.1 Å². The highest BCUT2D eigenvalue weighted by atomic mass is 32.2. The van der Waals surface area contributed by atoms with Crippen molar-refractivity contribution in [3.63, 3.8) is 0 Å². The summed E-state index contributed by atoms with van der Waals surface area (Å²) in [4.78, 5) is 0. The Kier molecular flexibility index (Phi) is 4.45. The Morgan fingerprint density at radius 3 is 2.55 bits per heavy atom. The molecule has 0 atom stereocenters. The van der Waals surface area contributed by atoms with E-state index in [-0.39, 0.29) is 5.75 Å². The van der Waals surface area contributed by atoms with E-state index in [9.17, 15) is 8.42 Å². The van der Waals surface area contributed by atoms with Gasteiger partial charge in [0.2, 0.25) is 10.0 Å². The summed E-state index contributed by atoms with van der Waals surface area (Å²) >= 11 is 0. The van der Waals surface area contributed by atoms with Crippen molar-refractivity contribution in [2.45, 2.75) is 13.0 Å². The Labute approximate surface area is 131 Å². The Morgan fingerprint density at radius 1 is 1.00 bits per heavy atom. The minimum absolute atomic E-state index is 0.124. The van der Waals surface area contributed by atoms with Gasteiger partial charge in [0.05, 0.1) is 5.75 Å². The molecule has 0 unspecified atom stereocenters. The Morgan fingerprint density at radius 2 is 1.73 bits per heavy atom. The molecule has 0 N–H and O–H groups in total. The molecule has 0 bridgehead atoms. The normalized spacial score (nSPS) is 15.6. The molecule has 0 saturated carbocycles. The fourth-order valence-electron chi connectivity index (χ4n) is 2.56. The summed E-state index contributed by atoms with van der Waals surface area (Å²) in [6.07, 6.45) is 0.530. The first-order valence-corrected chi connectivity index (χ1v) is 8.98.